The van der Waals surface area contributed by atoms with Gasteiger partial charge in [-0.15, -0.1) is 0 Å². The molecular formula is C18H13FO. The van der Waals surface area contributed by atoms with Gasteiger partial charge < -0.3 is 5.11 Å². The number of hydrogen-bond acceptors (Lipinski definition) is 1. The molecule has 3 aromatic rings. The Kier molecular flexibility index (Phi) is 2.99. The molecule has 0 aliphatic heterocycles. The van der Waals surface area contributed by atoms with Crippen molar-refractivity contribution in [3.63, 3.8) is 0 Å². The third-order valence-electron chi connectivity index (χ3n) is 3.38. The summed E-state index contributed by atoms with van der Waals surface area (Å²) in [5, 5.41) is 11.4. The van der Waals surface area contributed by atoms with Crippen LogP contribution >= 0.6 is 0 Å². The molecule has 3 rings (SSSR count). The first-order valence-corrected chi connectivity index (χ1v) is 6.33. The van der Waals surface area contributed by atoms with E-state index in [0.717, 1.165) is 16.3 Å². The van der Waals surface area contributed by atoms with Gasteiger partial charge in [-0.25, -0.2) is 4.39 Å². The van der Waals surface area contributed by atoms with E-state index in [1.54, 1.807) is 18.2 Å². The summed E-state index contributed by atoms with van der Waals surface area (Å²) in [6, 6.07) is 18.0. The first-order valence-electron chi connectivity index (χ1n) is 6.33. The fraction of sp³-hybridized carbons (Fsp3) is 0. The van der Waals surface area contributed by atoms with Gasteiger partial charge in [0.15, 0.2) is 0 Å². The number of rotatable bonds is 2. The zero-order chi connectivity index (χ0) is 14.1. The van der Waals surface area contributed by atoms with Crippen LogP contribution in [0.25, 0.3) is 27.7 Å². The molecule has 0 aliphatic rings. The maximum Gasteiger partial charge on any atom is 0.131 e. The maximum atomic E-state index is 14.0. The zero-order valence-corrected chi connectivity index (χ0v) is 10.8. The summed E-state index contributed by atoms with van der Waals surface area (Å²) < 4.78 is 14.0. The van der Waals surface area contributed by atoms with Crippen molar-refractivity contribution in [2.24, 2.45) is 0 Å². The van der Waals surface area contributed by atoms with Gasteiger partial charge in [-0.2, -0.15) is 0 Å². The Morgan fingerprint density at radius 3 is 2.40 bits per heavy atom. The molecule has 0 saturated carbocycles. The molecule has 0 aliphatic carbocycles. The van der Waals surface area contributed by atoms with Crippen molar-refractivity contribution in [3.05, 3.63) is 78.6 Å². The lowest BCUT2D eigenvalue weighted by molar-refractivity contribution is 0.514. The van der Waals surface area contributed by atoms with Crippen molar-refractivity contribution in [1.82, 2.24) is 0 Å². The maximum absolute atomic E-state index is 14.0. The summed E-state index contributed by atoms with van der Waals surface area (Å²) in [6.07, 6.45) is 0. The molecule has 0 aromatic heterocycles. The first kappa shape index (κ1) is 12.4. The fourth-order valence-corrected chi connectivity index (χ4v) is 2.37. The molecule has 3 aromatic carbocycles. The van der Waals surface area contributed by atoms with Gasteiger partial charge in [0.25, 0.3) is 0 Å². The third kappa shape index (κ3) is 2.05. The van der Waals surface area contributed by atoms with E-state index >= 15 is 0 Å². The molecule has 0 saturated heterocycles. The number of benzene rings is 3. The van der Waals surface area contributed by atoms with Crippen molar-refractivity contribution in [2.45, 2.75) is 0 Å². The zero-order valence-electron chi connectivity index (χ0n) is 10.8. The van der Waals surface area contributed by atoms with Gasteiger partial charge in [-0.1, -0.05) is 55.1 Å². The number of fused-ring (bicyclic) bond motifs is 1. The molecule has 0 atom stereocenters. The number of aliphatic hydroxyl groups excluding tert-OH is 1. The average Bonchev–Trinajstić information content (AvgIpc) is 2.46. The average molecular weight is 264 g/mol. The second-order valence-electron chi connectivity index (χ2n) is 4.67. The molecule has 1 N–H and O–H groups in total. The lowest BCUT2D eigenvalue weighted by atomic mass is 9.96. The van der Waals surface area contributed by atoms with Crippen LogP contribution < -0.4 is 0 Å². The summed E-state index contributed by atoms with van der Waals surface area (Å²) in [4.78, 5) is 0. The second-order valence-corrected chi connectivity index (χ2v) is 4.67. The largest absolute Gasteiger partial charge is 0.508 e. The van der Waals surface area contributed by atoms with Crippen LogP contribution in [-0.4, -0.2) is 5.11 Å². The molecule has 0 heterocycles. The highest BCUT2D eigenvalue weighted by molar-refractivity contribution is 5.98. The highest BCUT2D eigenvalue weighted by Gasteiger charge is 2.09. The SMILES string of the molecule is C=C(O)c1ccc2cccc(-c3ccccc3F)c2c1. The lowest BCUT2D eigenvalue weighted by Gasteiger charge is -2.09. The Morgan fingerprint density at radius 2 is 1.65 bits per heavy atom. The van der Waals surface area contributed by atoms with Gasteiger partial charge in [-0.3, -0.25) is 0 Å². The minimum absolute atomic E-state index is 0.00948. The molecule has 0 fully saturated rings. The minimum Gasteiger partial charge on any atom is -0.508 e. The van der Waals surface area contributed by atoms with Gasteiger partial charge in [-0.05, 0) is 28.5 Å². The predicted molar refractivity (Wildman–Crippen MR) is 81.0 cm³/mol. The Balaban J connectivity index is 2.33. The van der Waals surface area contributed by atoms with E-state index in [0.29, 0.717) is 11.1 Å². The van der Waals surface area contributed by atoms with Crippen LogP contribution in [0.3, 0.4) is 0 Å². The summed E-state index contributed by atoms with van der Waals surface area (Å²) in [6.45, 7) is 3.53. The van der Waals surface area contributed by atoms with Gasteiger partial charge >= 0.3 is 0 Å². The quantitative estimate of drug-likeness (QED) is 0.633. The van der Waals surface area contributed by atoms with E-state index in [4.69, 9.17) is 0 Å². The van der Waals surface area contributed by atoms with E-state index in [9.17, 15) is 9.50 Å². The van der Waals surface area contributed by atoms with E-state index in [1.807, 2.05) is 36.4 Å². The van der Waals surface area contributed by atoms with Gasteiger partial charge in [0.2, 0.25) is 0 Å². The number of aliphatic hydroxyl groups is 1. The van der Waals surface area contributed by atoms with E-state index in [2.05, 4.69) is 6.58 Å². The second kappa shape index (κ2) is 4.82. The van der Waals surface area contributed by atoms with Crippen LogP contribution in [0.1, 0.15) is 5.56 Å². The molecular weight excluding hydrogens is 251 g/mol. The highest BCUT2D eigenvalue weighted by Crippen LogP contribution is 2.31. The van der Waals surface area contributed by atoms with Crippen LogP contribution in [0.4, 0.5) is 4.39 Å². The molecule has 0 unspecified atom stereocenters. The third-order valence-corrected chi connectivity index (χ3v) is 3.38. The summed E-state index contributed by atoms with van der Waals surface area (Å²) in [7, 11) is 0. The smallest absolute Gasteiger partial charge is 0.131 e. The molecule has 98 valence electrons. The van der Waals surface area contributed by atoms with Gasteiger partial charge in [0, 0.05) is 11.1 Å². The molecule has 1 nitrogen and oxygen atoms in total. The Labute approximate surface area is 116 Å². The first-order chi connectivity index (χ1) is 9.66. The van der Waals surface area contributed by atoms with Crippen molar-refractivity contribution in [3.8, 4) is 11.1 Å². The van der Waals surface area contributed by atoms with Crippen LogP contribution in [0, 0.1) is 5.82 Å². The van der Waals surface area contributed by atoms with Crippen molar-refractivity contribution < 1.29 is 9.50 Å². The van der Waals surface area contributed by atoms with E-state index in [1.165, 1.54) is 6.07 Å². The van der Waals surface area contributed by atoms with Crippen LogP contribution in [0.5, 0.6) is 0 Å². The molecule has 20 heavy (non-hydrogen) atoms. The highest BCUT2D eigenvalue weighted by atomic mass is 19.1. The van der Waals surface area contributed by atoms with Gasteiger partial charge in [0.1, 0.15) is 11.6 Å². The van der Waals surface area contributed by atoms with E-state index in [-0.39, 0.29) is 11.6 Å². The van der Waals surface area contributed by atoms with Crippen LogP contribution in [-0.2, 0) is 0 Å². The van der Waals surface area contributed by atoms with Crippen LogP contribution in [0.2, 0.25) is 0 Å². The Bertz CT molecular complexity index is 805. The number of halogens is 1. The van der Waals surface area contributed by atoms with Gasteiger partial charge in [0.05, 0.1) is 0 Å². The summed E-state index contributed by atoms with van der Waals surface area (Å²) in [5.74, 6) is -0.247. The molecule has 2 heteroatoms. The van der Waals surface area contributed by atoms with Crippen molar-refractivity contribution in [1.29, 1.82) is 0 Å². The standard InChI is InChI=1S/C18H13FO/c1-12(20)14-10-9-13-5-4-7-15(17(13)11-14)16-6-2-3-8-18(16)19/h2-11,20H,1H2. The van der Waals surface area contributed by atoms with E-state index < -0.39 is 0 Å². The molecule has 0 bridgehead atoms. The molecule has 0 amide bonds. The lowest BCUT2D eigenvalue weighted by Crippen LogP contribution is -1.87. The van der Waals surface area contributed by atoms with Crippen LogP contribution in [0.15, 0.2) is 67.2 Å². The summed E-state index contributed by atoms with van der Waals surface area (Å²) in [5.41, 5.74) is 2.00. The molecule has 0 spiro atoms. The fourth-order valence-electron chi connectivity index (χ4n) is 2.37. The topological polar surface area (TPSA) is 20.2 Å². The monoisotopic (exact) mass is 264 g/mol. The predicted octanol–water partition coefficient (Wildman–Crippen LogP) is 5.17. The Morgan fingerprint density at radius 1 is 0.900 bits per heavy atom. The minimum atomic E-state index is -0.256. The normalized spacial score (nSPS) is 10.7. The molecule has 0 radical (unpaired) electrons. The number of hydrogen-bond donors (Lipinski definition) is 1. The summed E-state index contributed by atoms with van der Waals surface area (Å²) >= 11 is 0. The Hall–Kier alpha value is -2.61. The van der Waals surface area contributed by atoms with Crippen molar-refractivity contribution in [2.75, 3.05) is 0 Å². The van der Waals surface area contributed by atoms with Crippen molar-refractivity contribution >= 4 is 16.5 Å².